The van der Waals surface area contributed by atoms with Crippen molar-refractivity contribution in [2.24, 2.45) is 0 Å². The smallest absolute Gasteiger partial charge is 0.418 e. The van der Waals surface area contributed by atoms with Crippen LogP contribution in [0.4, 0.5) is 18.9 Å². The molecule has 0 spiro atoms. The van der Waals surface area contributed by atoms with Crippen LogP contribution in [0.15, 0.2) is 65.2 Å². The van der Waals surface area contributed by atoms with Crippen LogP contribution >= 0.6 is 0 Å². The van der Waals surface area contributed by atoms with Crippen molar-refractivity contribution in [1.29, 1.82) is 0 Å². The summed E-state index contributed by atoms with van der Waals surface area (Å²) < 4.78 is 45.0. The molecular weight excluding hydrogens is 435 g/mol. The highest BCUT2D eigenvalue weighted by atomic mass is 19.4. The lowest BCUT2D eigenvalue weighted by atomic mass is 10.1. The van der Waals surface area contributed by atoms with Gasteiger partial charge in [0.05, 0.1) is 24.0 Å². The Morgan fingerprint density at radius 2 is 1.76 bits per heavy atom. The van der Waals surface area contributed by atoms with Gasteiger partial charge in [-0.1, -0.05) is 42.5 Å². The van der Waals surface area contributed by atoms with Gasteiger partial charge in [-0.2, -0.15) is 13.2 Å². The van der Waals surface area contributed by atoms with E-state index in [1.807, 2.05) is 30.3 Å². The molecule has 2 amide bonds. The Bertz CT molecular complexity index is 1080. The lowest BCUT2D eigenvalue weighted by Gasteiger charge is -2.21. The molecule has 0 aliphatic rings. The standard InChI is InChI=1S/C24H24F3N3O3/c1-2-30(16-21(31)29-19-12-7-6-11-18(19)24(25,26)27)23(32)14-8-13-22-28-15-20(33-22)17-9-4-3-5-10-17/h3-7,9-12,15H,2,8,13-14,16H2,1H3,(H,29,31). The van der Waals surface area contributed by atoms with E-state index in [1.54, 1.807) is 13.1 Å². The molecule has 0 aliphatic carbocycles. The van der Waals surface area contributed by atoms with E-state index >= 15 is 0 Å². The molecule has 0 bridgehead atoms. The summed E-state index contributed by atoms with van der Waals surface area (Å²) in [5.41, 5.74) is -0.368. The second kappa shape index (κ2) is 10.8. The number of carbonyl (C=O) groups is 2. The van der Waals surface area contributed by atoms with E-state index in [-0.39, 0.29) is 31.1 Å². The number of oxazole rings is 1. The fraction of sp³-hybridized carbons (Fsp3) is 0.292. The first kappa shape index (κ1) is 24.0. The normalized spacial score (nSPS) is 11.3. The van der Waals surface area contributed by atoms with E-state index in [9.17, 15) is 22.8 Å². The number of alkyl halides is 3. The molecule has 6 nitrogen and oxygen atoms in total. The van der Waals surface area contributed by atoms with Crippen LogP contribution in [0.1, 0.15) is 31.2 Å². The fourth-order valence-corrected chi connectivity index (χ4v) is 3.29. The molecule has 3 rings (SSSR count). The molecule has 2 aromatic carbocycles. The van der Waals surface area contributed by atoms with Gasteiger partial charge >= 0.3 is 6.18 Å². The van der Waals surface area contributed by atoms with Crippen molar-refractivity contribution in [3.05, 3.63) is 72.2 Å². The SMILES string of the molecule is CCN(CC(=O)Nc1ccccc1C(F)(F)F)C(=O)CCCc1ncc(-c2ccccc2)o1. The maximum atomic E-state index is 13.1. The van der Waals surface area contributed by atoms with Gasteiger partial charge in [0, 0.05) is 24.9 Å². The van der Waals surface area contributed by atoms with E-state index in [1.165, 1.54) is 23.1 Å². The zero-order valence-electron chi connectivity index (χ0n) is 18.1. The van der Waals surface area contributed by atoms with E-state index < -0.39 is 17.6 Å². The number of nitrogens with one attached hydrogen (secondary N) is 1. The maximum absolute atomic E-state index is 13.1. The van der Waals surface area contributed by atoms with Gasteiger partial charge in [-0.25, -0.2) is 4.98 Å². The van der Waals surface area contributed by atoms with Gasteiger partial charge < -0.3 is 14.6 Å². The number of nitrogens with zero attached hydrogens (tertiary/aromatic N) is 2. The van der Waals surface area contributed by atoms with Crippen molar-refractivity contribution < 1.29 is 27.2 Å². The number of halogens is 3. The summed E-state index contributed by atoms with van der Waals surface area (Å²) in [6, 6.07) is 14.2. The van der Waals surface area contributed by atoms with Gasteiger partial charge in [0.2, 0.25) is 11.8 Å². The summed E-state index contributed by atoms with van der Waals surface area (Å²) in [4.78, 5) is 30.4. The van der Waals surface area contributed by atoms with Gasteiger partial charge in [0.25, 0.3) is 0 Å². The minimum Gasteiger partial charge on any atom is -0.441 e. The monoisotopic (exact) mass is 459 g/mol. The quantitative estimate of drug-likeness (QED) is 0.479. The average Bonchev–Trinajstić information content (AvgIpc) is 3.26. The second-order valence-corrected chi connectivity index (χ2v) is 7.34. The molecule has 0 atom stereocenters. The Morgan fingerprint density at radius 3 is 2.45 bits per heavy atom. The number of rotatable bonds is 9. The lowest BCUT2D eigenvalue weighted by Crippen LogP contribution is -2.38. The number of aryl methyl sites for hydroxylation is 1. The largest absolute Gasteiger partial charge is 0.441 e. The van der Waals surface area contributed by atoms with Crippen LogP contribution in [-0.2, 0) is 22.2 Å². The van der Waals surface area contributed by atoms with E-state index in [4.69, 9.17) is 4.42 Å². The molecule has 0 radical (unpaired) electrons. The summed E-state index contributed by atoms with van der Waals surface area (Å²) in [5, 5.41) is 2.26. The van der Waals surface area contributed by atoms with Gasteiger partial charge in [0.15, 0.2) is 11.7 Å². The highest BCUT2D eigenvalue weighted by molar-refractivity contribution is 5.95. The van der Waals surface area contributed by atoms with Gasteiger partial charge in [-0.3, -0.25) is 9.59 Å². The van der Waals surface area contributed by atoms with E-state index in [0.717, 1.165) is 11.6 Å². The molecule has 0 fully saturated rings. The van der Waals surface area contributed by atoms with Gasteiger partial charge in [0.1, 0.15) is 0 Å². The predicted molar refractivity (Wildman–Crippen MR) is 117 cm³/mol. The van der Waals surface area contributed by atoms with Crippen molar-refractivity contribution in [3.63, 3.8) is 0 Å². The molecule has 9 heteroatoms. The molecule has 0 saturated heterocycles. The van der Waals surface area contributed by atoms with Crippen LogP contribution in [0.25, 0.3) is 11.3 Å². The van der Waals surface area contributed by atoms with E-state index in [0.29, 0.717) is 24.5 Å². The number of carbonyl (C=O) groups excluding carboxylic acids is 2. The second-order valence-electron chi connectivity index (χ2n) is 7.34. The molecular formula is C24H24F3N3O3. The number of aromatic nitrogens is 1. The zero-order valence-corrected chi connectivity index (χ0v) is 18.1. The molecule has 0 saturated carbocycles. The molecule has 0 unspecified atom stereocenters. The van der Waals surface area contributed by atoms with Crippen LogP contribution < -0.4 is 5.32 Å². The van der Waals surface area contributed by atoms with Crippen LogP contribution in [0, 0.1) is 0 Å². The molecule has 174 valence electrons. The first-order valence-electron chi connectivity index (χ1n) is 10.5. The third-order valence-electron chi connectivity index (χ3n) is 4.97. The van der Waals surface area contributed by atoms with Crippen molar-refractivity contribution in [2.75, 3.05) is 18.4 Å². The Labute approximate surface area is 189 Å². The number of likely N-dealkylation sites (N-methyl/N-ethyl adjacent to an activating group) is 1. The highest BCUT2D eigenvalue weighted by Gasteiger charge is 2.33. The predicted octanol–water partition coefficient (Wildman–Crippen LogP) is 5.17. The minimum absolute atomic E-state index is 0.156. The molecule has 0 aliphatic heterocycles. The first-order valence-corrected chi connectivity index (χ1v) is 10.5. The maximum Gasteiger partial charge on any atom is 0.418 e. The first-order chi connectivity index (χ1) is 15.8. The number of hydrogen-bond acceptors (Lipinski definition) is 4. The third kappa shape index (κ3) is 6.68. The summed E-state index contributed by atoms with van der Waals surface area (Å²) in [6.07, 6.45) is -1.90. The molecule has 1 heterocycles. The number of hydrogen-bond donors (Lipinski definition) is 1. The summed E-state index contributed by atoms with van der Waals surface area (Å²) in [6.45, 7) is 1.62. The lowest BCUT2D eigenvalue weighted by molar-refractivity contribution is -0.137. The summed E-state index contributed by atoms with van der Waals surface area (Å²) in [5.74, 6) is 0.183. The molecule has 1 aromatic heterocycles. The summed E-state index contributed by atoms with van der Waals surface area (Å²) in [7, 11) is 0. The number of benzene rings is 2. The van der Waals surface area contributed by atoms with Crippen molar-refractivity contribution in [3.8, 4) is 11.3 Å². The zero-order chi connectivity index (χ0) is 23.8. The Hall–Kier alpha value is -3.62. The van der Waals surface area contributed by atoms with Crippen LogP contribution in [-0.4, -0.2) is 34.8 Å². The van der Waals surface area contributed by atoms with Crippen molar-refractivity contribution in [2.45, 2.75) is 32.4 Å². The average molecular weight is 459 g/mol. The Morgan fingerprint density at radius 1 is 1.06 bits per heavy atom. The Balaban J connectivity index is 1.50. The number of amides is 2. The van der Waals surface area contributed by atoms with Crippen LogP contribution in [0.5, 0.6) is 0 Å². The highest BCUT2D eigenvalue weighted by Crippen LogP contribution is 2.34. The number of para-hydroxylation sites is 1. The number of anilines is 1. The van der Waals surface area contributed by atoms with Gasteiger partial charge in [-0.05, 0) is 25.5 Å². The van der Waals surface area contributed by atoms with Crippen molar-refractivity contribution >= 4 is 17.5 Å². The third-order valence-corrected chi connectivity index (χ3v) is 4.97. The van der Waals surface area contributed by atoms with Crippen LogP contribution in [0.3, 0.4) is 0 Å². The fourth-order valence-electron chi connectivity index (χ4n) is 3.29. The topological polar surface area (TPSA) is 75.4 Å². The van der Waals surface area contributed by atoms with E-state index in [2.05, 4.69) is 10.3 Å². The summed E-state index contributed by atoms with van der Waals surface area (Å²) >= 11 is 0. The molecule has 33 heavy (non-hydrogen) atoms. The van der Waals surface area contributed by atoms with Gasteiger partial charge in [-0.15, -0.1) is 0 Å². The van der Waals surface area contributed by atoms with Crippen LogP contribution in [0.2, 0.25) is 0 Å². The molecule has 3 aromatic rings. The minimum atomic E-state index is -4.59. The Kier molecular flexibility index (Phi) is 7.87. The molecule has 1 N–H and O–H groups in total. The van der Waals surface area contributed by atoms with Crippen molar-refractivity contribution in [1.82, 2.24) is 9.88 Å².